The molecule has 0 spiro atoms. The summed E-state index contributed by atoms with van der Waals surface area (Å²) in [5.41, 5.74) is 1.73. The van der Waals surface area contributed by atoms with Gasteiger partial charge in [0, 0.05) is 35.6 Å². The number of hydrogen-bond donors (Lipinski definition) is 2. The van der Waals surface area contributed by atoms with E-state index < -0.39 is 0 Å². The fourth-order valence-electron chi connectivity index (χ4n) is 2.54. The first-order chi connectivity index (χ1) is 13.3. The second-order valence-corrected chi connectivity index (χ2v) is 7.43. The Labute approximate surface area is 163 Å². The van der Waals surface area contributed by atoms with E-state index in [2.05, 4.69) is 46.4 Å². The van der Waals surface area contributed by atoms with Crippen LogP contribution in [-0.4, -0.2) is 32.9 Å². The summed E-state index contributed by atoms with van der Waals surface area (Å²) in [6.07, 6.45) is 0.578. The molecule has 0 aliphatic heterocycles. The van der Waals surface area contributed by atoms with E-state index in [1.807, 2.05) is 37.3 Å². The van der Waals surface area contributed by atoms with Crippen LogP contribution < -0.4 is 10.1 Å². The maximum absolute atomic E-state index is 12.2. The smallest absolute Gasteiger partial charge is 0.227 e. The molecule has 1 amide bonds. The number of nitrogens with zero attached hydrogens (tertiary/aromatic N) is 3. The second kappa shape index (κ2) is 8.24. The molecule has 0 saturated carbocycles. The fourth-order valence-corrected chi connectivity index (χ4v) is 2.54. The zero-order chi connectivity index (χ0) is 20.1. The number of rotatable bonds is 7. The van der Waals surface area contributed by atoms with Crippen LogP contribution in [0, 0.1) is 0 Å². The van der Waals surface area contributed by atoms with E-state index in [-0.39, 0.29) is 17.7 Å². The molecular formula is C20H25N5O3. The maximum atomic E-state index is 12.2. The van der Waals surface area contributed by atoms with E-state index in [1.54, 1.807) is 0 Å². The van der Waals surface area contributed by atoms with Gasteiger partial charge in [-0.25, -0.2) is 0 Å². The highest BCUT2D eigenvalue weighted by atomic mass is 16.5. The molecule has 2 N–H and O–H groups in total. The molecule has 2 aromatic heterocycles. The van der Waals surface area contributed by atoms with Crippen LogP contribution >= 0.6 is 0 Å². The molecule has 148 valence electrons. The molecule has 0 unspecified atom stereocenters. The van der Waals surface area contributed by atoms with Crippen LogP contribution in [0.25, 0.3) is 11.4 Å². The molecule has 28 heavy (non-hydrogen) atoms. The predicted octanol–water partition coefficient (Wildman–Crippen LogP) is 3.73. The molecule has 0 atom stereocenters. The molecule has 0 bridgehead atoms. The number of aryl methyl sites for hydroxylation is 1. The standard InChI is InChI=1S/C20H25N5O3/c1-5-27-14-8-6-13(7-9-14)19-22-18(28-25-19)11-10-17(26)21-16-12-15(23-24-16)20(2,3)4/h6-9,12H,5,10-11H2,1-4H3,(H2,21,23,24,26). The molecule has 1 aromatic carbocycles. The normalized spacial score (nSPS) is 11.4. The Balaban J connectivity index is 1.54. The van der Waals surface area contributed by atoms with Gasteiger partial charge in [0.2, 0.25) is 17.6 Å². The van der Waals surface area contributed by atoms with Crippen LogP contribution in [0.3, 0.4) is 0 Å². The van der Waals surface area contributed by atoms with Gasteiger partial charge in [0.05, 0.1) is 6.61 Å². The lowest BCUT2D eigenvalue weighted by molar-refractivity contribution is -0.116. The lowest BCUT2D eigenvalue weighted by atomic mass is 9.92. The second-order valence-electron chi connectivity index (χ2n) is 7.43. The molecule has 0 radical (unpaired) electrons. The number of amides is 1. The van der Waals surface area contributed by atoms with Gasteiger partial charge in [-0.05, 0) is 31.2 Å². The van der Waals surface area contributed by atoms with Crippen LogP contribution in [0.2, 0.25) is 0 Å². The van der Waals surface area contributed by atoms with Crippen molar-refractivity contribution in [2.75, 3.05) is 11.9 Å². The van der Waals surface area contributed by atoms with Gasteiger partial charge >= 0.3 is 0 Å². The number of carbonyl (C=O) groups excluding carboxylic acids is 1. The minimum Gasteiger partial charge on any atom is -0.494 e. The zero-order valence-electron chi connectivity index (χ0n) is 16.6. The van der Waals surface area contributed by atoms with Crippen LogP contribution in [0.5, 0.6) is 5.75 Å². The van der Waals surface area contributed by atoms with Crippen molar-refractivity contribution in [2.24, 2.45) is 0 Å². The lowest BCUT2D eigenvalue weighted by Gasteiger charge is -2.14. The van der Waals surface area contributed by atoms with Crippen molar-refractivity contribution in [3.05, 3.63) is 41.9 Å². The number of ether oxygens (including phenoxy) is 1. The van der Waals surface area contributed by atoms with E-state index in [0.29, 0.717) is 30.6 Å². The Bertz CT molecular complexity index is 922. The van der Waals surface area contributed by atoms with Crippen molar-refractivity contribution in [3.8, 4) is 17.1 Å². The van der Waals surface area contributed by atoms with Crippen molar-refractivity contribution in [2.45, 2.75) is 46.0 Å². The van der Waals surface area contributed by atoms with E-state index in [4.69, 9.17) is 9.26 Å². The summed E-state index contributed by atoms with van der Waals surface area (Å²) in [5, 5.41) is 13.8. The van der Waals surface area contributed by atoms with Crippen LogP contribution in [0.15, 0.2) is 34.9 Å². The third kappa shape index (κ3) is 4.97. The molecule has 0 aliphatic rings. The van der Waals surface area contributed by atoms with E-state index in [1.165, 1.54) is 0 Å². The molecule has 8 heteroatoms. The van der Waals surface area contributed by atoms with Gasteiger partial charge in [-0.2, -0.15) is 10.1 Å². The number of H-pyrrole nitrogens is 1. The highest BCUT2D eigenvalue weighted by Crippen LogP contribution is 2.22. The van der Waals surface area contributed by atoms with E-state index in [0.717, 1.165) is 17.0 Å². The molecule has 0 saturated heterocycles. The van der Waals surface area contributed by atoms with Gasteiger partial charge in [0.1, 0.15) is 5.75 Å². The van der Waals surface area contributed by atoms with Gasteiger partial charge < -0.3 is 14.6 Å². The van der Waals surface area contributed by atoms with Gasteiger partial charge in [-0.3, -0.25) is 9.89 Å². The summed E-state index contributed by atoms with van der Waals surface area (Å²) < 4.78 is 10.7. The summed E-state index contributed by atoms with van der Waals surface area (Å²) in [5.74, 6) is 2.04. The first-order valence-corrected chi connectivity index (χ1v) is 9.26. The Morgan fingerprint density at radius 2 is 2.00 bits per heavy atom. The number of anilines is 1. The number of aromatic nitrogens is 4. The fraction of sp³-hybridized carbons (Fsp3) is 0.400. The molecule has 2 heterocycles. The van der Waals surface area contributed by atoms with Crippen LogP contribution in [0.1, 0.15) is 45.7 Å². The van der Waals surface area contributed by atoms with Crippen molar-refractivity contribution >= 4 is 11.7 Å². The Hall–Kier alpha value is -3.16. The average molecular weight is 383 g/mol. The number of aromatic amines is 1. The predicted molar refractivity (Wildman–Crippen MR) is 105 cm³/mol. The SMILES string of the molecule is CCOc1ccc(-c2noc(CCC(=O)Nc3cc(C(C)(C)C)[nH]n3)n2)cc1. The number of benzene rings is 1. The summed E-state index contributed by atoms with van der Waals surface area (Å²) >= 11 is 0. The van der Waals surface area contributed by atoms with Gasteiger partial charge in [0.25, 0.3) is 0 Å². The van der Waals surface area contributed by atoms with Crippen molar-refractivity contribution in [1.29, 1.82) is 0 Å². The van der Waals surface area contributed by atoms with E-state index >= 15 is 0 Å². The van der Waals surface area contributed by atoms with Gasteiger partial charge in [-0.1, -0.05) is 25.9 Å². The van der Waals surface area contributed by atoms with Gasteiger partial charge in [0.15, 0.2) is 5.82 Å². The third-order valence-corrected chi connectivity index (χ3v) is 4.11. The Kier molecular flexibility index (Phi) is 5.77. The van der Waals surface area contributed by atoms with Crippen LogP contribution in [0.4, 0.5) is 5.82 Å². The Morgan fingerprint density at radius 1 is 1.25 bits per heavy atom. The molecule has 3 aromatic rings. The number of hydrogen-bond acceptors (Lipinski definition) is 6. The van der Waals surface area contributed by atoms with Gasteiger partial charge in [-0.15, -0.1) is 0 Å². The molecular weight excluding hydrogens is 358 g/mol. The Morgan fingerprint density at radius 3 is 2.64 bits per heavy atom. The lowest BCUT2D eigenvalue weighted by Crippen LogP contribution is -2.13. The minimum absolute atomic E-state index is 0.0585. The minimum atomic E-state index is -0.159. The first-order valence-electron chi connectivity index (χ1n) is 9.26. The van der Waals surface area contributed by atoms with Crippen molar-refractivity contribution < 1.29 is 14.1 Å². The summed E-state index contributed by atoms with van der Waals surface area (Å²) in [7, 11) is 0. The zero-order valence-corrected chi connectivity index (χ0v) is 16.6. The number of carbonyl (C=O) groups is 1. The number of nitrogens with one attached hydrogen (secondary N) is 2. The average Bonchev–Trinajstić information content (AvgIpc) is 3.30. The molecule has 0 fully saturated rings. The maximum Gasteiger partial charge on any atom is 0.227 e. The monoisotopic (exact) mass is 383 g/mol. The summed E-state index contributed by atoms with van der Waals surface area (Å²) in [4.78, 5) is 16.5. The molecule has 8 nitrogen and oxygen atoms in total. The highest BCUT2D eigenvalue weighted by molar-refractivity contribution is 5.89. The third-order valence-electron chi connectivity index (χ3n) is 4.11. The molecule has 0 aliphatic carbocycles. The van der Waals surface area contributed by atoms with E-state index in [9.17, 15) is 4.79 Å². The quantitative estimate of drug-likeness (QED) is 0.644. The summed E-state index contributed by atoms with van der Waals surface area (Å²) in [6, 6.07) is 9.30. The van der Waals surface area contributed by atoms with Crippen molar-refractivity contribution in [1.82, 2.24) is 20.3 Å². The van der Waals surface area contributed by atoms with Crippen LogP contribution in [-0.2, 0) is 16.6 Å². The van der Waals surface area contributed by atoms with Crippen molar-refractivity contribution in [3.63, 3.8) is 0 Å². The first kappa shape index (κ1) is 19.6. The molecule has 3 rings (SSSR count). The highest BCUT2D eigenvalue weighted by Gasteiger charge is 2.17. The largest absolute Gasteiger partial charge is 0.494 e. The summed E-state index contributed by atoms with van der Waals surface area (Å²) in [6.45, 7) is 8.77. The topological polar surface area (TPSA) is 106 Å².